The number of fused-ring (bicyclic) bond motifs is 2. The highest BCUT2D eigenvalue weighted by Crippen LogP contribution is 2.36. The highest BCUT2D eigenvalue weighted by atomic mass is 16.7. The molecule has 3 heterocycles. The van der Waals surface area contributed by atoms with Crippen molar-refractivity contribution in [3.63, 3.8) is 0 Å². The molecule has 2 aromatic heterocycles. The highest BCUT2D eigenvalue weighted by Gasteiger charge is 2.18. The first-order valence-electron chi connectivity index (χ1n) is 10.2. The number of carbonyl (C=O) groups is 1. The molecule has 1 aliphatic rings. The van der Waals surface area contributed by atoms with Crippen LogP contribution in [0.3, 0.4) is 0 Å². The van der Waals surface area contributed by atoms with Crippen molar-refractivity contribution < 1.29 is 14.3 Å². The number of carbonyl (C=O) groups excluding carboxylic acids is 1. The second-order valence-electron chi connectivity index (χ2n) is 7.42. The van der Waals surface area contributed by atoms with E-state index in [2.05, 4.69) is 10.4 Å². The lowest BCUT2D eigenvalue weighted by molar-refractivity contribution is 0.0952. The number of pyridine rings is 1. The van der Waals surface area contributed by atoms with Crippen molar-refractivity contribution in [2.45, 2.75) is 26.9 Å². The number of nitrogens with one attached hydrogen (secondary N) is 1. The Kier molecular flexibility index (Phi) is 4.78. The monoisotopic (exact) mass is 414 g/mol. The lowest BCUT2D eigenvalue weighted by Crippen LogP contribution is -2.23. The van der Waals surface area contributed by atoms with Gasteiger partial charge in [-0.15, -0.1) is 0 Å². The van der Waals surface area contributed by atoms with Crippen molar-refractivity contribution in [3.05, 3.63) is 71.5 Å². The molecule has 7 heteroatoms. The van der Waals surface area contributed by atoms with Crippen LogP contribution in [0, 0.1) is 6.92 Å². The Hall–Kier alpha value is -3.87. The van der Waals surface area contributed by atoms with Gasteiger partial charge in [0, 0.05) is 35.8 Å². The Morgan fingerprint density at radius 3 is 2.81 bits per heavy atom. The number of ether oxygens (including phenoxy) is 2. The molecule has 1 aliphatic heterocycles. The van der Waals surface area contributed by atoms with Gasteiger partial charge in [0.1, 0.15) is 0 Å². The van der Waals surface area contributed by atoms with E-state index in [1.165, 1.54) is 0 Å². The lowest BCUT2D eigenvalue weighted by atomic mass is 10.0. The maximum Gasteiger partial charge on any atom is 0.252 e. The van der Waals surface area contributed by atoms with Crippen molar-refractivity contribution in [2.75, 3.05) is 6.79 Å². The summed E-state index contributed by atoms with van der Waals surface area (Å²) in [4.78, 5) is 18.0. The molecule has 0 saturated heterocycles. The number of amides is 1. The van der Waals surface area contributed by atoms with Crippen LogP contribution >= 0.6 is 0 Å². The molecule has 4 aromatic rings. The Balaban J connectivity index is 1.49. The summed E-state index contributed by atoms with van der Waals surface area (Å²) in [5.41, 5.74) is 4.84. The van der Waals surface area contributed by atoms with Crippen molar-refractivity contribution in [1.29, 1.82) is 0 Å². The van der Waals surface area contributed by atoms with Crippen molar-refractivity contribution in [3.8, 4) is 22.8 Å². The number of aromatic nitrogens is 3. The van der Waals surface area contributed by atoms with Gasteiger partial charge in [-0.2, -0.15) is 5.10 Å². The summed E-state index contributed by atoms with van der Waals surface area (Å²) in [5, 5.41) is 8.30. The SMILES string of the molecule is CCn1cc(CNC(=O)c2cc(-c3ccc4c(c3)OCO4)nc3ccccc23)c(C)n1. The number of hydrogen-bond donors (Lipinski definition) is 1. The molecule has 0 saturated carbocycles. The van der Waals surface area contributed by atoms with E-state index in [1.54, 1.807) is 0 Å². The van der Waals surface area contributed by atoms with E-state index in [-0.39, 0.29) is 12.7 Å². The molecule has 5 rings (SSSR count). The molecule has 2 aromatic carbocycles. The molecule has 0 fully saturated rings. The van der Waals surface area contributed by atoms with Crippen LogP contribution in [0.25, 0.3) is 22.2 Å². The van der Waals surface area contributed by atoms with Gasteiger partial charge >= 0.3 is 0 Å². The van der Waals surface area contributed by atoms with Crippen molar-refractivity contribution in [2.24, 2.45) is 0 Å². The number of rotatable bonds is 5. The van der Waals surface area contributed by atoms with E-state index in [1.807, 2.05) is 73.3 Å². The molecule has 0 spiro atoms. The maximum atomic E-state index is 13.2. The fourth-order valence-corrected chi connectivity index (χ4v) is 3.73. The van der Waals surface area contributed by atoms with Gasteiger partial charge in [-0.1, -0.05) is 18.2 Å². The number of benzene rings is 2. The van der Waals surface area contributed by atoms with Gasteiger partial charge in [0.15, 0.2) is 11.5 Å². The fourth-order valence-electron chi connectivity index (χ4n) is 3.73. The molecule has 31 heavy (non-hydrogen) atoms. The Morgan fingerprint density at radius 1 is 1.13 bits per heavy atom. The van der Waals surface area contributed by atoms with Crippen LogP contribution < -0.4 is 14.8 Å². The maximum absolute atomic E-state index is 13.2. The minimum Gasteiger partial charge on any atom is -0.454 e. The molecule has 1 N–H and O–H groups in total. The minimum absolute atomic E-state index is 0.149. The van der Waals surface area contributed by atoms with Gasteiger partial charge in [0.25, 0.3) is 5.91 Å². The van der Waals surface area contributed by atoms with Crippen LogP contribution in [0.15, 0.2) is 54.7 Å². The average molecular weight is 414 g/mol. The molecular weight excluding hydrogens is 392 g/mol. The van der Waals surface area contributed by atoms with Crippen LogP contribution in [0.4, 0.5) is 0 Å². The summed E-state index contributed by atoms with van der Waals surface area (Å²) in [6.07, 6.45) is 1.97. The van der Waals surface area contributed by atoms with E-state index in [0.29, 0.717) is 29.3 Å². The standard InChI is InChI=1S/C24H22N4O3/c1-3-28-13-17(15(2)27-28)12-25-24(29)19-11-21(26-20-7-5-4-6-18(19)20)16-8-9-22-23(10-16)31-14-30-22/h4-11,13H,3,12,14H2,1-2H3,(H,25,29). The van der Waals surface area contributed by atoms with Gasteiger partial charge in [0.2, 0.25) is 6.79 Å². The largest absolute Gasteiger partial charge is 0.454 e. The van der Waals surface area contributed by atoms with Crippen molar-refractivity contribution >= 4 is 16.8 Å². The van der Waals surface area contributed by atoms with E-state index in [0.717, 1.165) is 34.3 Å². The Labute approximate surface area is 179 Å². The Morgan fingerprint density at radius 2 is 1.97 bits per heavy atom. The number of hydrogen-bond acceptors (Lipinski definition) is 5. The molecule has 0 bridgehead atoms. The summed E-state index contributed by atoms with van der Waals surface area (Å²) in [6.45, 7) is 5.41. The first-order chi connectivity index (χ1) is 15.1. The summed E-state index contributed by atoms with van der Waals surface area (Å²) in [5.74, 6) is 1.25. The highest BCUT2D eigenvalue weighted by molar-refractivity contribution is 6.07. The number of para-hydroxylation sites is 1. The topological polar surface area (TPSA) is 78.3 Å². The van der Waals surface area contributed by atoms with Gasteiger partial charge in [-0.25, -0.2) is 4.98 Å². The van der Waals surface area contributed by atoms with Gasteiger partial charge in [-0.3, -0.25) is 9.48 Å². The summed E-state index contributed by atoms with van der Waals surface area (Å²) in [7, 11) is 0. The van der Waals surface area contributed by atoms with E-state index in [9.17, 15) is 4.79 Å². The molecule has 0 aliphatic carbocycles. The zero-order valence-corrected chi connectivity index (χ0v) is 17.4. The first kappa shape index (κ1) is 19.1. The van der Waals surface area contributed by atoms with E-state index < -0.39 is 0 Å². The molecule has 0 atom stereocenters. The van der Waals surface area contributed by atoms with E-state index >= 15 is 0 Å². The van der Waals surface area contributed by atoms with Gasteiger partial charge < -0.3 is 14.8 Å². The summed E-state index contributed by atoms with van der Waals surface area (Å²) >= 11 is 0. The molecule has 0 unspecified atom stereocenters. The van der Waals surface area contributed by atoms with Gasteiger partial charge in [0.05, 0.1) is 22.5 Å². The molecule has 156 valence electrons. The van der Waals surface area contributed by atoms with Crippen LogP contribution in [-0.4, -0.2) is 27.5 Å². The van der Waals surface area contributed by atoms with Gasteiger partial charge in [-0.05, 0) is 44.2 Å². The predicted octanol–water partition coefficient (Wildman–Crippen LogP) is 4.09. The molecule has 1 amide bonds. The summed E-state index contributed by atoms with van der Waals surface area (Å²) in [6, 6.07) is 15.2. The van der Waals surface area contributed by atoms with Crippen LogP contribution in [0.1, 0.15) is 28.5 Å². The molecule has 0 radical (unpaired) electrons. The zero-order valence-electron chi connectivity index (χ0n) is 17.4. The second kappa shape index (κ2) is 7.75. The average Bonchev–Trinajstić information content (AvgIpc) is 3.42. The first-order valence-corrected chi connectivity index (χ1v) is 10.2. The second-order valence-corrected chi connectivity index (χ2v) is 7.42. The van der Waals surface area contributed by atoms with Crippen LogP contribution in [0.2, 0.25) is 0 Å². The third-order valence-corrected chi connectivity index (χ3v) is 5.44. The lowest BCUT2D eigenvalue weighted by Gasteiger charge is -2.11. The Bertz CT molecular complexity index is 1300. The quantitative estimate of drug-likeness (QED) is 0.532. The van der Waals surface area contributed by atoms with Crippen molar-refractivity contribution in [1.82, 2.24) is 20.1 Å². The third kappa shape index (κ3) is 3.59. The predicted molar refractivity (Wildman–Crippen MR) is 117 cm³/mol. The summed E-state index contributed by atoms with van der Waals surface area (Å²) < 4.78 is 12.8. The van der Waals surface area contributed by atoms with Crippen LogP contribution in [0.5, 0.6) is 11.5 Å². The molecule has 7 nitrogen and oxygen atoms in total. The van der Waals surface area contributed by atoms with E-state index in [4.69, 9.17) is 14.5 Å². The molecular formula is C24H22N4O3. The smallest absolute Gasteiger partial charge is 0.252 e. The minimum atomic E-state index is -0.149. The fraction of sp³-hybridized carbons (Fsp3) is 0.208. The zero-order chi connectivity index (χ0) is 21.4. The van der Waals surface area contributed by atoms with Crippen LogP contribution in [-0.2, 0) is 13.1 Å². The number of aryl methyl sites for hydroxylation is 2. The third-order valence-electron chi connectivity index (χ3n) is 5.44. The normalized spacial score (nSPS) is 12.3. The number of nitrogens with zero attached hydrogens (tertiary/aromatic N) is 3.